The number of aromatic nitrogens is 2. The van der Waals surface area contributed by atoms with Crippen molar-refractivity contribution >= 4 is 29.2 Å². The van der Waals surface area contributed by atoms with E-state index < -0.39 is 0 Å². The molecule has 2 aromatic rings. The first-order valence-corrected chi connectivity index (χ1v) is 9.80. The van der Waals surface area contributed by atoms with E-state index in [0.717, 1.165) is 23.9 Å². The number of nitrogens with zero attached hydrogens (tertiary/aromatic N) is 3. The summed E-state index contributed by atoms with van der Waals surface area (Å²) < 4.78 is 19.3. The summed E-state index contributed by atoms with van der Waals surface area (Å²) in [5.74, 6) is 0.462. The summed E-state index contributed by atoms with van der Waals surface area (Å²) in [4.78, 5) is 22.9. The van der Waals surface area contributed by atoms with Gasteiger partial charge in [0, 0.05) is 24.8 Å². The van der Waals surface area contributed by atoms with E-state index in [9.17, 15) is 9.18 Å². The highest BCUT2D eigenvalue weighted by atomic mass is 32.2. The standard InChI is InChI=1S/C19H23FN4O2S/c1-12-4-5-15(6-16(12)20)23-18(25)10-27-19-7-17(21-11-22-19)24-8-13(2)26-14(3)9-24/h4-7,11,13-14H,8-10H2,1-3H3,(H,23,25). The third-order valence-corrected chi connectivity index (χ3v) is 5.10. The maximum Gasteiger partial charge on any atom is 0.234 e. The SMILES string of the molecule is Cc1ccc(NC(=O)CSc2cc(N3CC(C)OC(C)C3)ncn2)cc1F. The van der Waals surface area contributed by atoms with Gasteiger partial charge < -0.3 is 15.0 Å². The van der Waals surface area contributed by atoms with Crippen LogP contribution in [0, 0.1) is 12.7 Å². The number of hydrogen-bond donors (Lipinski definition) is 1. The van der Waals surface area contributed by atoms with Crippen LogP contribution in [-0.2, 0) is 9.53 Å². The van der Waals surface area contributed by atoms with E-state index >= 15 is 0 Å². The van der Waals surface area contributed by atoms with Crippen LogP contribution in [0.15, 0.2) is 35.6 Å². The monoisotopic (exact) mass is 390 g/mol. The van der Waals surface area contributed by atoms with Gasteiger partial charge in [-0.25, -0.2) is 14.4 Å². The van der Waals surface area contributed by atoms with Gasteiger partial charge in [-0.05, 0) is 38.5 Å². The van der Waals surface area contributed by atoms with E-state index in [1.165, 1.54) is 24.2 Å². The Morgan fingerprint density at radius 1 is 1.30 bits per heavy atom. The molecular weight excluding hydrogens is 367 g/mol. The number of aryl methyl sites for hydroxylation is 1. The maximum atomic E-state index is 13.6. The van der Waals surface area contributed by atoms with Crippen LogP contribution in [0.5, 0.6) is 0 Å². The second kappa shape index (κ2) is 8.67. The van der Waals surface area contributed by atoms with Crippen LogP contribution in [0.4, 0.5) is 15.9 Å². The van der Waals surface area contributed by atoms with Gasteiger partial charge >= 0.3 is 0 Å². The van der Waals surface area contributed by atoms with Gasteiger partial charge in [0.1, 0.15) is 23.0 Å². The smallest absolute Gasteiger partial charge is 0.234 e. The molecule has 2 heterocycles. The van der Waals surface area contributed by atoms with E-state index in [0.29, 0.717) is 11.3 Å². The highest BCUT2D eigenvalue weighted by Crippen LogP contribution is 2.23. The van der Waals surface area contributed by atoms with Crippen molar-refractivity contribution in [3.05, 3.63) is 42.0 Å². The lowest BCUT2D eigenvalue weighted by atomic mass is 10.2. The molecule has 2 atom stereocenters. The van der Waals surface area contributed by atoms with E-state index in [4.69, 9.17) is 4.74 Å². The molecule has 1 aromatic heterocycles. The Bertz CT molecular complexity index is 810. The molecule has 1 aliphatic rings. The molecule has 0 aliphatic carbocycles. The lowest BCUT2D eigenvalue weighted by molar-refractivity contribution is -0.113. The third-order valence-electron chi connectivity index (χ3n) is 4.18. The van der Waals surface area contributed by atoms with Crippen LogP contribution in [0.3, 0.4) is 0 Å². The largest absolute Gasteiger partial charge is 0.372 e. The van der Waals surface area contributed by atoms with Gasteiger partial charge in [-0.15, -0.1) is 0 Å². The van der Waals surface area contributed by atoms with Crippen molar-refractivity contribution in [3.8, 4) is 0 Å². The zero-order valence-corrected chi connectivity index (χ0v) is 16.4. The number of hydrogen-bond acceptors (Lipinski definition) is 6. The van der Waals surface area contributed by atoms with Crippen LogP contribution in [0.25, 0.3) is 0 Å². The second-order valence-corrected chi connectivity index (χ2v) is 7.67. The molecule has 1 aliphatic heterocycles. The quantitative estimate of drug-likeness (QED) is 0.624. The topological polar surface area (TPSA) is 67.4 Å². The third kappa shape index (κ3) is 5.40. The molecule has 0 bridgehead atoms. The minimum Gasteiger partial charge on any atom is -0.372 e. The Balaban J connectivity index is 1.57. The average Bonchev–Trinajstić information content (AvgIpc) is 2.62. The van der Waals surface area contributed by atoms with Crippen LogP contribution in [-0.4, -0.2) is 46.9 Å². The highest BCUT2D eigenvalue weighted by Gasteiger charge is 2.23. The maximum absolute atomic E-state index is 13.6. The zero-order valence-electron chi connectivity index (χ0n) is 15.6. The number of morpholine rings is 1. The summed E-state index contributed by atoms with van der Waals surface area (Å²) in [5, 5.41) is 3.42. The summed E-state index contributed by atoms with van der Waals surface area (Å²) in [5.41, 5.74) is 0.992. The minimum atomic E-state index is -0.338. The molecule has 2 unspecified atom stereocenters. The van der Waals surface area contributed by atoms with Gasteiger partial charge in [-0.3, -0.25) is 4.79 Å². The molecule has 0 saturated carbocycles. The first-order chi connectivity index (χ1) is 12.9. The van der Waals surface area contributed by atoms with E-state index in [2.05, 4.69) is 20.2 Å². The van der Waals surface area contributed by atoms with Crippen LogP contribution in [0.2, 0.25) is 0 Å². The summed E-state index contributed by atoms with van der Waals surface area (Å²) in [7, 11) is 0. The Kier molecular flexibility index (Phi) is 6.28. The Hall–Kier alpha value is -2.19. The van der Waals surface area contributed by atoms with E-state index in [1.807, 2.05) is 19.9 Å². The van der Waals surface area contributed by atoms with Crippen LogP contribution < -0.4 is 10.2 Å². The van der Waals surface area contributed by atoms with Gasteiger partial charge in [0.15, 0.2) is 0 Å². The summed E-state index contributed by atoms with van der Waals surface area (Å²) in [6, 6.07) is 6.53. The molecule has 6 nitrogen and oxygen atoms in total. The minimum absolute atomic E-state index is 0.139. The molecule has 1 aromatic carbocycles. The molecule has 1 fully saturated rings. The predicted octanol–water partition coefficient (Wildman–Crippen LogP) is 3.27. The number of halogens is 1. The molecule has 8 heteroatoms. The average molecular weight is 390 g/mol. The molecule has 0 spiro atoms. The van der Waals surface area contributed by atoms with Crippen molar-refractivity contribution in [2.75, 3.05) is 29.1 Å². The molecule has 3 rings (SSSR count). The van der Waals surface area contributed by atoms with Crippen molar-refractivity contribution in [2.24, 2.45) is 0 Å². The normalized spacial score (nSPS) is 19.8. The number of anilines is 2. The number of nitrogens with one attached hydrogen (secondary N) is 1. The fraction of sp³-hybridized carbons (Fsp3) is 0.421. The molecule has 27 heavy (non-hydrogen) atoms. The number of rotatable bonds is 5. The van der Waals surface area contributed by atoms with Crippen molar-refractivity contribution in [1.82, 2.24) is 9.97 Å². The second-order valence-electron chi connectivity index (χ2n) is 6.68. The lowest BCUT2D eigenvalue weighted by Gasteiger charge is -2.36. The Morgan fingerprint density at radius 3 is 2.74 bits per heavy atom. The van der Waals surface area contributed by atoms with Gasteiger partial charge in [0.2, 0.25) is 5.91 Å². The molecule has 1 amide bonds. The predicted molar refractivity (Wildman–Crippen MR) is 105 cm³/mol. The van der Waals surface area contributed by atoms with Crippen molar-refractivity contribution in [1.29, 1.82) is 0 Å². The van der Waals surface area contributed by atoms with Crippen LogP contribution in [0.1, 0.15) is 19.4 Å². The number of ether oxygens (including phenoxy) is 1. The first-order valence-electron chi connectivity index (χ1n) is 8.82. The number of benzene rings is 1. The van der Waals surface area contributed by atoms with Gasteiger partial charge in [0.05, 0.1) is 18.0 Å². The van der Waals surface area contributed by atoms with Crippen molar-refractivity contribution < 1.29 is 13.9 Å². The fourth-order valence-electron chi connectivity index (χ4n) is 2.95. The van der Waals surface area contributed by atoms with Crippen molar-refractivity contribution in [2.45, 2.75) is 38.0 Å². The lowest BCUT2D eigenvalue weighted by Crippen LogP contribution is -2.45. The summed E-state index contributed by atoms with van der Waals surface area (Å²) in [6.45, 7) is 7.30. The summed E-state index contributed by atoms with van der Waals surface area (Å²) >= 11 is 1.32. The zero-order chi connectivity index (χ0) is 19.4. The Morgan fingerprint density at radius 2 is 2.04 bits per heavy atom. The Labute approximate surface area is 162 Å². The van der Waals surface area contributed by atoms with E-state index in [-0.39, 0.29) is 29.7 Å². The molecule has 1 saturated heterocycles. The fourth-order valence-corrected chi connectivity index (χ4v) is 3.62. The number of carbonyl (C=O) groups excluding carboxylic acids is 1. The van der Waals surface area contributed by atoms with E-state index in [1.54, 1.807) is 19.1 Å². The number of amides is 1. The summed E-state index contributed by atoms with van der Waals surface area (Å²) in [6.07, 6.45) is 1.79. The molecular formula is C19H23FN4O2S. The highest BCUT2D eigenvalue weighted by molar-refractivity contribution is 7.99. The first kappa shape index (κ1) is 19.6. The number of thioether (sulfide) groups is 1. The van der Waals surface area contributed by atoms with Gasteiger partial charge in [-0.1, -0.05) is 17.8 Å². The van der Waals surface area contributed by atoms with Gasteiger partial charge in [0.25, 0.3) is 0 Å². The van der Waals surface area contributed by atoms with Crippen molar-refractivity contribution in [3.63, 3.8) is 0 Å². The molecule has 1 N–H and O–H groups in total. The van der Waals surface area contributed by atoms with Crippen LogP contribution >= 0.6 is 11.8 Å². The van der Waals surface area contributed by atoms with Gasteiger partial charge in [-0.2, -0.15) is 0 Å². The molecule has 144 valence electrons. The molecule has 0 radical (unpaired) electrons. The number of carbonyl (C=O) groups is 1.